The van der Waals surface area contributed by atoms with Crippen LogP contribution < -0.4 is 0 Å². The molecule has 0 saturated heterocycles. The van der Waals surface area contributed by atoms with Gasteiger partial charge in [-0.3, -0.25) is 4.79 Å². The van der Waals surface area contributed by atoms with Gasteiger partial charge in [0.05, 0.1) is 0 Å². The summed E-state index contributed by atoms with van der Waals surface area (Å²) in [5, 5.41) is 0. The maximum atomic E-state index is 11.2. The summed E-state index contributed by atoms with van der Waals surface area (Å²) in [5.41, 5.74) is 0. The molecule has 62 valence electrons. The molecule has 0 aliphatic heterocycles. The normalized spacial score (nSPS) is 22.2. The predicted molar refractivity (Wildman–Crippen MR) is 45.2 cm³/mol. The van der Waals surface area contributed by atoms with Crippen molar-refractivity contribution in [2.45, 2.75) is 19.3 Å². The minimum Gasteiger partial charge on any atom is -0.349 e. The standard InChI is InChI=1S/C9H15NO/c1-10(2)9(11)7-8-5-3-4-6-8/h3,5,8H,4,6-7H2,1-2H3. The molecule has 1 amide bonds. The van der Waals surface area contributed by atoms with Crippen molar-refractivity contribution in [3.63, 3.8) is 0 Å². The minimum atomic E-state index is 0.238. The summed E-state index contributed by atoms with van der Waals surface area (Å²) in [6.07, 6.45) is 7.30. The van der Waals surface area contributed by atoms with Crippen LogP contribution in [0.25, 0.3) is 0 Å². The molecule has 1 rings (SSSR count). The van der Waals surface area contributed by atoms with Gasteiger partial charge in [-0.15, -0.1) is 0 Å². The van der Waals surface area contributed by atoms with E-state index in [1.54, 1.807) is 19.0 Å². The molecule has 0 aromatic heterocycles. The fraction of sp³-hybridized carbons (Fsp3) is 0.667. The van der Waals surface area contributed by atoms with Crippen molar-refractivity contribution >= 4 is 5.91 Å². The molecule has 2 heteroatoms. The topological polar surface area (TPSA) is 20.3 Å². The second-order valence-electron chi connectivity index (χ2n) is 3.26. The molecular weight excluding hydrogens is 138 g/mol. The number of hydrogen-bond donors (Lipinski definition) is 0. The third-order valence-electron chi connectivity index (χ3n) is 2.05. The van der Waals surface area contributed by atoms with Crippen LogP contribution in [-0.4, -0.2) is 24.9 Å². The molecule has 0 spiro atoms. The van der Waals surface area contributed by atoms with Crippen LogP contribution in [0.2, 0.25) is 0 Å². The molecule has 1 atom stereocenters. The Morgan fingerprint density at radius 3 is 2.82 bits per heavy atom. The average molecular weight is 153 g/mol. The van der Waals surface area contributed by atoms with Gasteiger partial charge in [0.25, 0.3) is 0 Å². The summed E-state index contributed by atoms with van der Waals surface area (Å²) in [6.45, 7) is 0. The summed E-state index contributed by atoms with van der Waals surface area (Å²) < 4.78 is 0. The Morgan fingerprint density at radius 2 is 2.36 bits per heavy atom. The number of carbonyl (C=O) groups is 1. The van der Waals surface area contributed by atoms with Crippen LogP contribution in [0, 0.1) is 5.92 Å². The number of allylic oxidation sites excluding steroid dienone is 2. The van der Waals surface area contributed by atoms with Crippen LogP contribution in [0.4, 0.5) is 0 Å². The lowest BCUT2D eigenvalue weighted by atomic mass is 10.1. The molecule has 1 unspecified atom stereocenters. The molecule has 1 aliphatic carbocycles. The monoisotopic (exact) mass is 153 g/mol. The fourth-order valence-electron chi connectivity index (χ4n) is 1.27. The van der Waals surface area contributed by atoms with E-state index in [0.717, 1.165) is 12.8 Å². The van der Waals surface area contributed by atoms with Gasteiger partial charge in [0.1, 0.15) is 0 Å². The lowest BCUT2D eigenvalue weighted by molar-refractivity contribution is -0.129. The van der Waals surface area contributed by atoms with Crippen LogP contribution in [0.15, 0.2) is 12.2 Å². The van der Waals surface area contributed by atoms with Crippen LogP contribution >= 0.6 is 0 Å². The maximum absolute atomic E-state index is 11.2. The number of amides is 1. The van der Waals surface area contributed by atoms with E-state index in [0.29, 0.717) is 12.3 Å². The highest BCUT2D eigenvalue weighted by Crippen LogP contribution is 2.20. The molecular formula is C9H15NO. The van der Waals surface area contributed by atoms with Gasteiger partial charge >= 0.3 is 0 Å². The van der Waals surface area contributed by atoms with Crippen molar-refractivity contribution < 1.29 is 4.79 Å². The lowest BCUT2D eigenvalue weighted by Crippen LogP contribution is -2.23. The third kappa shape index (κ3) is 2.37. The zero-order valence-electron chi connectivity index (χ0n) is 7.21. The predicted octanol–water partition coefficient (Wildman–Crippen LogP) is 1.43. The maximum Gasteiger partial charge on any atom is 0.222 e. The van der Waals surface area contributed by atoms with Crippen molar-refractivity contribution in [1.82, 2.24) is 4.90 Å². The molecule has 2 nitrogen and oxygen atoms in total. The first-order valence-electron chi connectivity index (χ1n) is 4.07. The highest BCUT2D eigenvalue weighted by atomic mass is 16.2. The van der Waals surface area contributed by atoms with E-state index >= 15 is 0 Å². The van der Waals surface area contributed by atoms with Gasteiger partial charge in [0, 0.05) is 20.5 Å². The summed E-state index contributed by atoms with van der Waals surface area (Å²) in [6, 6.07) is 0. The van der Waals surface area contributed by atoms with Crippen molar-refractivity contribution in [2.24, 2.45) is 5.92 Å². The Kier molecular flexibility index (Phi) is 2.69. The summed E-state index contributed by atoms with van der Waals surface area (Å²) in [5.74, 6) is 0.742. The average Bonchev–Trinajstić information content (AvgIpc) is 2.39. The molecule has 11 heavy (non-hydrogen) atoms. The highest BCUT2D eigenvalue weighted by Gasteiger charge is 2.14. The first-order chi connectivity index (χ1) is 5.20. The van der Waals surface area contributed by atoms with E-state index < -0.39 is 0 Å². The number of carbonyl (C=O) groups excluding carboxylic acids is 1. The van der Waals surface area contributed by atoms with Gasteiger partial charge in [0.2, 0.25) is 5.91 Å². The van der Waals surface area contributed by atoms with Gasteiger partial charge < -0.3 is 4.90 Å². The van der Waals surface area contributed by atoms with Crippen LogP contribution in [-0.2, 0) is 4.79 Å². The summed E-state index contributed by atoms with van der Waals surface area (Å²) in [4.78, 5) is 12.8. The molecule has 0 aromatic carbocycles. The van der Waals surface area contributed by atoms with Crippen molar-refractivity contribution in [1.29, 1.82) is 0 Å². The molecule has 0 bridgehead atoms. The SMILES string of the molecule is CN(C)C(=O)CC1C=CCC1. The molecule has 0 heterocycles. The second kappa shape index (κ2) is 3.56. The van der Waals surface area contributed by atoms with Gasteiger partial charge in [-0.1, -0.05) is 12.2 Å². The van der Waals surface area contributed by atoms with Crippen LogP contribution in [0.5, 0.6) is 0 Å². The summed E-state index contributed by atoms with van der Waals surface area (Å²) >= 11 is 0. The molecule has 1 aliphatic rings. The fourth-order valence-corrected chi connectivity index (χ4v) is 1.27. The van der Waals surface area contributed by atoms with Crippen molar-refractivity contribution in [3.8, 4) is 0 Å². The van der Waals surface area contributed by atoms with Gasteiger partial charge in [-0.2, -0.15) is 0 Å². The highest BCUT2D eigenvalue weighted by molar-refractivity contribution is 5.76. The molecule has 0 radical (unpaired) electrons. The Bertz CT molecular complexity index is 172. The van der Waals surface area contributed by atoms with E-state index in [4.69, 9.17) is 0 Å². The van der Waals surface area contributed by atoms with Crippen molar-refractivity contribution in [3.05, 3.63) is 12.2 Å². The van der Waals surface area contributed by atoms with Gasteiger partial charge in [-0.25, -0.2) is 0 Å². The van der Waals surface area contributed by atoms with Crippen LogP contribution in [0.1, 0.15) is 19.3 Å². The Morgan fingerprint density at radius 1 is 1.64 bits per heavy atom. The Hall–Kier alpha value is -0.790. The second-order valence-corrected chi connectivity index (χ2v) is 3.26. The van der Waals surface area contributed by atoms with Gasteiger partial charge in [-0.05, 0) is 18.8 Å². The minimum absolute atomic E-state index is 0.238. The molecule has 0 saturated carbocycles. The number of nitrogens with zero attached hydrogens (tertiary/aromatic N) is 1. The summed E-state index contributed by atoms with van der Waals surface area (Å²) in [7, 11) is 3.61. The van der Waals surface area contributed by atoms with E-state index in [1.807, 2.05) is 0 Å². The Labute approximate surface area is 67.9 Å². The van der Waals surface area contributed by atoms with E-state index in [9.17, 15) is 4.79 Å². The molecule has 0 fully saturated rings. The third-order valence-corrected chi connectivity index (χ3v) is 2.05. The number of rotatable bonds is 2. The van der Waals surface area contributed by atoms with E-state index in [1.165, 1.54) is 0 Å². The van der Waals surface area contributed by atoms with E-state index in [2.05, 4.69) is 12.2 Å². The number of hydrogen-bond acceptors (Lipinski definition) is 1. The zero-order valence-corrected chi connectivity index (χ0v) is 7.21. The van der Waals surface area contributed by atoms with Crippen LogP contribution in [0.3, 0.4) is 0 Å². The zero-order chi connectivity index (χ0) is 8.27. The van der Waals surface area contributed by atoms with E-state index in [-0.39, 0.29) is 5.91 Å². The quantitative estimate of drug-likeness (QED) is 0.549. The lowest BCUT2D eigenvalue weighted by Gasteiger charge is -2.12. The molecule has 0 aromatic rings. The van der Waals surface area contributed by atoms with Gasteiger partial charge in [0.15, 0.2) is 0 Å². The smallest absolute Gasteiger partial charge is 0.222 e. The largest absolute Gasteiger partial charge is 0.349 e. The molecule has 0 N–H and O–H groups in total. The first kappa shape index (κ1) is 8.31. The first-order valence-corrected chi connectivity index (χ1v) is 4.07. The van der Waals surface area contributed by atoms with Crippen molar-refractivity contribution in [2.75, 3.05) is 14.1 Å². The Balaban J connectivity index is 2.30.